The molecule has 4 fully saturated rings. The van der Waals surface area contributed by atoms with E-state index in [2.05, 4.69) is 39.2 Å². The van der Waals surface area contributed by atoms with Crippen molar-refractivity contribution in [2.45, 2.75) is 57.5 Å². The zero-order valence-electron chi connectivity index (χ0n) is 25.4. The van der Waals surface area contributed by atoms with E-state index in [1.54, 1.807) is 0 Å². The summed E-state index contributed by atoms with van der Waals surface area (Å²) in [5.41, 5.74) is 11.2. The van der Waals surface area contributed by atoms with Crippen LogP contribution >= 0.6 is 23.8 Å². The first-order chi connectivity index (χ1) is 21.4. The second-order valence-electron chi connectivity index (χ2n) is 13.6. The van der Waals surface area contributed by atoms with Crippen molar-refractivity contribution in [2.24, 2.45) is 23.0 Å². The number of likely N-dealkylation sites (tertiary alicyclic amines) is 1. The molecule has 7 nitrogen and oxygen atoms in total. The van der Waals surface area contributed by atoms with E-state index < -0.39 is 0 Å². The quantitative estimate of drug-likeness (QED) is 0.196. The van der Waals surface area contributed by atoms with Crippen molar-refractivity contribution in [1.29, 1.82) is 0 Å². The van der Waals surface area contributed by atoms with Gasteiger partial charge in [0.05, 0.1) is 17.1 Å². The topological polar surface area (TPSA) is 81.8 Å². The number of aromatic nitrogens is 1. The van der Waals surface area contributed by atoms with Gasteiger partial charge in [0, 0.05) is 80.7 Å². The summed E-state index contributed by atoms with van der Waals surface area (Å²) in [6, 6.07) is 12.5. The molecule has 3 N–H and O–H groups in total. The number of halogens is 1. The Morgan fingerprint density at radius 2 is 1.93 bits per heavy atom. The van der Waals surface area contributed by atoms with Gasteiger partial charge in [0.1, 0.15) is 4.99 Å². The van der Waals surface area contributed by atoms with Crippen LogP contribution in [0.5, 0.6) is 0 Å². The Balaban J connectivity index is 0.997. The van der Waals surface area contributed by atoms with E-state index in [-0.39, 0.29) is 11.8 Å². The predicted molar refractivity (Wildman–Crippen MR) is 179 cm³/mol. The molecule has 0 bridgehead atoms. The first kappa shape index (κ1) is 30.2. The summed E-state index contributed by atoms with van der Waals surface area (Å²) in [4.78, 5) is 16.0. The number of thiocarbonyl (C=S) groups is 1. The maximum absolute atomic E-state index is 13.2. The Labute approximate surface area is 270 Å². The summed E-state index contributed by atoms with van der Waals surface area (Å²) < 4.78 is 13.9. The van der Waals surface area contributed by atoms with E-state index in [1.807, 2.05) is 18.2 Å². The zero-order chi connectivity index (χ0) is 30.3. The summed E-state index contributed by atoms with van der Waals surface area (Å²) in [5.74, 6) is 1.03. The molecular weight excluding hydrogens is 592 g/mol. The second kappa shape index (κ2) is 12.7. The van der Waals surface area contributed by atoms with Crippen LogP contribution in [0.15, 0.2) is 42.6 Å². The molecule has 0 unspecified atom stereocenters. The minimum absolute atomic E-state index is 0.0909. The van der Waals surface area contributed by atoms with Crippen LogP contribution in [0.4, 0.5) is 0 Å². The van der Waals surface area contributed by atoms with Gasteiger partial charge in [-0.15, -0.1) is 0 Å². The van der Waals surface area contributed by atoms with Crippen molar-refractivity contribution in [3.63, 3.8) is 0 Å². The minimum atomic E-state index is 0.0909. The molecule has 4 aliphatic rings. The molecule has 7 rings (SSSR count). The Hall–Kier alpha value is -2.49. The molecular formula is C35H43ClN4O3S. The van der Waals surface area contributed by atoms with E-state index in [0.717, 1.165) is 111 Å². The summed E-state index contributed by atoms with van der Waals surface area (Å²) in [5, 5.41) is 4.99. The van der Waals surface area contributed by atoms with Gasteiger partial charge in [0.2, 0.25) is 5.91 Å². The van der Waals surface area contributed by atoms with Gasteiger partial charge in [-0.2, -0.15) is 0 Å². The fourth-order valence-corrected chi connectivity index (χ4v) is 8.18. The van der Waals surface area contributed by atoms with Crippen LogP contribution in [0.3, 0.4) is 0 Å². The molecule has 2 saturated carbocycles. The zero-order valence-corrected chi connectivity index (χ0v) is 26.9. The molecule has 1 spiro atoms. The van der Waals surface area contributed by atoms with E-state index in [1.165, 1.54) is 19.3 Å². The van der Waals surface area contributed by atoms with Crippen LogP contribution in [-0.4, -0.2) is 66.4 Å². The van der Waals surface area contributed by atoms with Crippen molar-refractivity contribution in [3.8, 4) is 11.1 Å². The van der Waals surface area contributed by atoms with Crippen LogP contribution in [0.2, 0.25) is 5.02 Å². The fraction of sp³-hybridized carbons (Fsp3) is 0.543. The van der Waals surface area contributed by atoms with Crippen LogP contribution in [-0.2, 0) is 20.8 Å². The third kappa shape index (κ3) is 6.04. The molecule has 9 heteroatoms. The van der Waals surface area contributed by atoms with Crippen LogP contribution in [0.1, 0.15) is 62.1 Å². The van der Waals surface area contributed by atoms with E-state index >= 15 is 0 Å². The number of nitrogens with two attached hydrogens (primary N) is 1. The SMILES string of the molecule is NC(=S)c1cccc(-c2cn(C3CCOCC3)c3c(Cl)c(CNC(=O)C4CC5(C4)CN(CCOCC4CCC4)C5)ccc23)c1. The summed E-state index contributed by atoms with van der Waals surface area (Å²) in [6.07, 6.45) is 10.1. The molecule has 2 aromatic carbocycles. The first-order valence-corrected chi connectivity index (χ1v) is 17.1. The Morgan fingerprint density at radius 3 is 2.66 bits per heavy atom. The number of hydrogen-bond donors (Lipinski definition) is 2. The summed E-state index contributed by atoms with van der Waals surface area (Å²) in [6.45, 7) is 6.85. The molecule has 234 valence electrons. The lowest BCUT2D eigenvalue weighted by atomic mass is 9.57. The Kier molecular flexibility index (Phi) is 8.72. The van der Waals surface area contributed by atoms with Crippen LogP contribution in [0, 0.1) is 17.3 Å². The average Bonchev–Trinajstić information content (AvgIpc) is 3.36. The van der Waals surface area contributed by atoms with E-state index in [0.29, 0.717) is 28.0 Å². The van der Waals surface area contributed by atoms with E-state index in [4.69, 9.17) is 39.0 Å². The van der Waals surface area contributed by atoms with Crippen molar-refractivity contribution in [2.75, 3.05) is 46.1 Å². The van der Waals surface area contributed by atoms with Crippen LogP contribution in [0.25, 0.3) is 22.0 Å². The van der Waals surface area contributed by atoms with Crippen molar-refractivity contribution >= 4 is 45.6 Å². The Morgan fingerprint density at radius 1 is 1.14 bits per heavy atom. The number of benzene rings is 2. The molecule has 0 radical (unpaired) electrons. The van der Waals surface area contributed by atoms with Gasteiger partial charge in [-0.25, -0.2) is 0 Å². The monoisotopic (exact) mass is 634 g/mol. The van der Waals surface area contributed by atoms with Gasteiger partial charge < -0.3 is 25.1 Å². The fourth-order valence-electron chi connectivity index (χ4n) is 7.73. The van der Waals surface area contributed by atoms with Gasteiger partial charge in [-0.05, 0) is 67.1 Å². The highest BCUT2D eigenvalue weighted by Gasteiger charge is 2.53. The maximum atomic E-state index is 13.2. The number of rotatable bonds is 11. The third-order valence-electron chi connectivity index (χ3n) is 10.5. The predicted octanol–water partition coefficient (Wildman–Crippen LogP) is 6.09. The lowest BCUT2D eigenvalue weighted by molar-refractivity contribution is -0.145. The van der Waals surface area contributed by atoms with Crippen LogP contribution < -0.4 is 11.1 Å². The number of carbonyl (C=O) groups excluding carboxylic acids is 1. The molecule has 2 aliphatic heterocycles. The molecule has 3 aromatic rings. The second-order valence-corrected chi connectivity index (χ2v) is 14.4. The van der Waals surface area contributed by atoms with Gasteiger partial charge in [0.15, 0.2) is 0 Å². The number of amides is 1. The largest absolute Gasteiger partial charge is 0.389 e. The van der Waals surface area contributed by atoms with Gasteiger partial charge in [-0.3, -0.25) is 9.69 Å². The van der Waals surface area contributed by atoms with Crippen molar-refractivity contribution in [3.05, 3.63) is 58.7 Å². The first-order valence-electron chi connectivity index (χ1n) is 16.3. The molecule has 2 saturated heterocycles. The average molecular weight is 635 g/mol. The molecule has 3 heterocycles. The summed E-state index contributed by atoms with van der Waals surface area (Å²) in [7, 11) is 0. The normalized spacial score (nSPS) is 20.8. The lowest BCUT2D eigenvalue weighted by Crippen LogP contribution is -2.64. The molecule has 44 heavy (non-hydrogen) atoms. The number of hydrogen-bond acceptors (Lipinski definition) is 5. The minimum Gasteiger partial charge on any atom is -0.389 e. The van der Waals surface area contributed by atoms with Crippen molar-refractivity contribution < 1.29 is 14.3 Å². The molecule has 0 atom stereocenters. The van der Waals surface area contributed by atoms with Gasteiger partial charge in [-0.1, -0.05) is 60.6 Å². The highest BCUT2D eigenvalue weighted by Crippen LogP contribution is 2.52. The summed E-state index contributed by atoms with van der Waals surface area (Å²) >= 11 is 12.4. The third-order valence-corrected chi connectivity index (χ3v) is 11.1. The van der Waals surface area contributed by atoms with Gasteiger partial charge >= 0.3 is 0 Å². The lowest BCUT2D eigenvalue weighted by Gasteiger charge is -2.58. The molecule has 1 aromatic heterocycles. The Bertz CT molecular complexity index is 1530. The maximum Gasteiger partial charge on any atom is 0.223 e. The van der Waals surface area contributed by atoms with Gasteiger partial charge in [0.25, 0.3) is 0 Å². The number of ether oxygens (including phenoxy) is 2. The number of carbonyl (C=O) groups is 1. The number of fused-ring (bicyclic) bond motifs is 1. The molecule has 2 aliphatic carbocycles. The number of nitrogens with zero attached hydrogens (tertiary/aromatic N) is 2. The standard InChI is InChI=1S/C35H43ClN4O3S/c36-31-26(18-38-34(41)27-16-35(17-27)21-39(22-35)11-14-43-20-23-3-1-4-23)7-8-29-30(24-5-2-6-25(15-24)33(37)44)19-40(32(29)31)28-9-12-42-13-10-28/h2,5-8,15,19,23,27-28H,1,3-4,9-14,16-18,20-22H2,(H2,37,44)(H,38,41). The molecule has 1 amide bonds. The number of nitrogens with one attached hydrogen (secondary N) is 1. The smallest absolute Gasteiger partial charge is 0.223 e. The highest BCUT2D eigenvalue weighted by molar-refractivity contribution is 7.80. The van der Waals surface area contributed by atoms with E-state index in [9.17, 15) is 4.79 Å². The highest BCUT2D eigenvalue weighted by atomic mass is 35.5. The van der Waals surface area contributed by atoms with Crippen molar-refractivity contribution in [1.82, 2.24) is 14.8 Å².